The Kier molecular flexibility index (Phi) is 6.36. The van der Waals surface area contributed by atoms with Crippen LogP contribution in [0, 0.1) is 0 Å². The SMILES string of the molecule is COc1ccc(NC(=O)[C@H](NC(=O)/C=C\c2ccc3c(c2)OCO3)c2ccccc2)cc1. The number of ether oxygens (including phenoxy) is 3. The van der Waals surface area contributed by atoms with Crippen LogP contribution in [0.15, 0.2) is 78.9 Å². The van der Waals surface area contributed by atoms with E-state index in [1.807, 2.05) is 24.3 Å². The quantitative estimate of drug-likeness (QED) is 0.555. The van der Waals surface area contributed by atoms with Gasteiger partial charge in [-0.15, -0.1) is 0 Å². The van der Waals surface area contributed by atoms with Crippen molar-refractivity contribution in [1.82, 2.24) is 5.32 Å². The van der Waals surface area contributed by atoms with Crippen molar-refractivity contribution in [1.29, 1.82) is 0 Å². The van der Waals surface area contributed by atoms with Gasteiger partial charge in [0.25, 0.3) is 5.91 Å². The summed E-state index contributed by atoms with van der Waals surface area (Å²) < 4.78 is 15.8. The summed E-state index contributed by atoms with van der Waals surface area (Å²) >= 11 is 0. The molecule has 4 rings (SSSR count). The first-order valence-electron chi connectivity index (χ1n) is 10.0. The molecule has 3 aromatic rings. The van der Waals surface area contributed by atoms with E-state index in [-0.39, 0.29) is 12.7 Å². The zero-order valence-corrected chi connectivity index (χ0v) is 17.4. The number of benzene rings is 3. The zero-order chi connectivity index (χ0) is 22.3. The number of carbonyl (C=O) groups is 2. The Balaban J connectivity index is 1.47. The average Bonchev–Trinajstić information content (AvgIpc) is 3.30. The van der Waals surface area contributed by atoms with E-state index in [0.29, 0.717) is 28.5 Å². The molecule has 2 amide bonds. The Morgan fingerprint density at radius 3 is 2.47 bits per heavy atom. The van der Waals surface area contributed by atoms with Gasteiger partial charge in [-0.2, -0.15) is 0 Å². The molecule has 0 bridgehead atoms. The second-order valence-electron chi connectivity index (χ2n) is 7.02. The minimum absolute atomic E-state index is 0.186. The van der Waals surface area contributed by atoms with Gasteiger partial charge in [-0.1, -0.05) is 36.4 Å². The molecule has 0 radical (unpaired) electrons. The van der Waals surface area contributed by atoms with Crippen molar-refractivity contribution in [2.45, 2.75) is 6.04 Å². The maximum atomic E-state index is 13.0. The highest BCUT2D eigenvalue weighted by atomic mass is 16.7. The molecular formula is C25H22N2O5. The van der Waals surface area contributed by atoms with Crippen LogP contribution in [-0.4, -0.2) is 25.7 Å². The van der Waals surface area contributed by atoms with Gasteiger partial charge in [0.15, 0.2) is 11.5 Å². The third kappa shape index (κ3) is 5.07. The third-order valence-corrected chi connectivity index (χ3v) is 4.86. The molecule has 0 fully saturated rings. The standard InChI is InChI=1S/C25H22N2O5/c1-30-20-11-9-19(10-12-20)26-25(29)24(18-5-3-2-4-6-18)27-23(28)14-8-17-7-13-21-22(15-17)32-16-31-21/h2-15,24H,16H2,1H3,(H,26,29)(H,27,28)/b14-8-/t24-/m1/s1. The lowest BCUT2D eigenvalue weighted by Crippen LogP contribution is -2.36. The Hall–Kier alpha value is -4.26. The van der Waals surface area contributed by atoms with E-state index >= 15 is 0 Å². The number of rotatable bonds is 7. The predicted octanol–water partition coefficient (Wildman–Crippen LogP) is 3.93. The lowest BCUT2D eigenvalue weighted by molar-refractivity contribution is -0.123. The average molecular weight is 430 g/mol. The summed E-state index contributed by atoms with van der Waals surface area (Å²) in [5, 5.41) is 5.62. The van der Waals surface area contributed by atoms with Crippen LogP contribution >= 0.6 is 0 Å². The molecule has 32 heavy (non-hydrogen) atoms. The highest BCUT2D eigenvalue weighted by Gasteiger charge is 2.22. The highest BCUT2D eigenvalue weighted by molar-refractivity contribution is 6.00. The fraction of sp³-hybridized carbons (Fsp3) is 0.120. The first-order chi connectivity index (χ1) is 15.6. The summed E-state index contributed by atoms with van der Waals surface area (Å²) in [4.78, 5) is 25.6. The molecule has 0 aromatic heterocycles. The van der Waals surface area contributed by atoms with E-state index in [0.717, 1.165) is 5.56 Å². The lowest BCUT2D eigenvalue weighted by Gasteiger charge is -2.18. The number of hydrogen-bond acceptors (Lipinski definition) is 5. The minimum Gasteiger partial charge on any atom is -0.497 e. The largest absolute Gasteiger partial charge is 0.497 e. The molecule has 1 aliphatic rings. The number of hydrogen-bond donors (Lipinski definition) is 2. The topological polar surface area (TPSA) is 85.9 Å². The van der Waals surface area contributed by atoms with Gasteiger partial charge in [0, 0.05) is 11.8 Å². The number of anilines is 1. The molecule has 1 aliphatic heterocycles. The summed E-state index contributed by atoms with van der Waals surface area (Å²) in [6.07, 6.45) is 3.04. The molecule has 0 spiro atoms. The van der Waals surface area contributed by atoms with Gasteiger partial charge in [-0.05, 0) is 53.6 Å². The number of nitrogens with one attached hydrogen (secondary N) is 2. The number of methoxy groups -OCH3 is 1. The van der Waals surface area contributed by atoms with E-state index in [4.69, 9.17) is 14.2 Å². The van der Waals surface area contributed by atoms with E-state index < -0.39 is 11.9 Å². The molecule has 0 unspecified atom stereocenters. The van der Waals surface area contributed by atoms with Crippen molar-refractivity contribution in [3.05, 3.63) is 90.0 Å². The molecular weight excluding hydrogens is 408 g/mol. The number of fused-ring (bicyclic) bond motifs is 1. The second kappa shape index (κ2) is 9.70. The number of amides is 2. The summed E-state index contributed by atoms with van der Waals surface area (Å²) in [5.74, 6) is 1.23. The van der Waals surface area contributed by atoms with Gasteiger partial charge >= 0.3 is 0 Å². The molecule has 1 atom stereocenters. The fourth-order valence-electron chi connectivity index (χ4n) is 3.21. The maximum Gasteiger partial charge on any atom is 0.251 e. The van der Waals surface area contributed by atoms with Gasteiger partial charge in [0.05, 0.1) is 7.11 Å². The zero-order valence-electron chi connectivity index (χ0n) is 17.4. The monoisotopic (exact) mass is 430 g/mol. The molecule has 0 saturated carbocycles. The smallest absolute Gasteiger partial charge is 0.251 e. The third-order valence-electron chi connectivity index (χ3n) is 4.86. The number of carbonyl (C=O) groups excluding carboxylic acids is 2. The molecule has 0 saturated heterocycles. The van der Waals surface area contributed by atoms with E-state index in [1.54, 1.807) is 61.7 Å². The van der Waals surface area contributed by atoms with Crippen LogP contribution in [0.1, 0.15) is 17.2 Å². The van der Waals surface area contributed by atoms with E-state index in [1.165, 1.54) is 6.08 Å². The van der Waals surface area contributed by atoms with Crippen LogP contribution in [0.3, 0.4) is 0 Å². The summed E-state index contributed by atoms with van der Waals surface area (Å²) in [7, 11) is 1.58. The normalized spacial score (nSPS) is 12.9. The predicted molar refractivity (Wildman–Crippen MR) is 121 cm³/mol. The van der Waals surface area contributed by atoms with Gasteiger partial charge in [-0.3, -0.25) is 9.59 Å². The van der Waals surface area contributed by atoms with E-state index in [9.17, 15) is 9.59 Å². The van der Waals surface area contributed by atoms with Crippen LogP contribution in [0.25, 0.3) is 6.08 Å². The van der Waals surface area contributed by atoms with Crippen molar-refractivity contribution in [2.75, 3.05) is 19.2 Å². The van der Waals surface area contributed by atoms with Gasteiger partial charge in [0.2, 0.25) is 12.7 Å². The minimum atomic E-state index is -0.868. The van der Waals surface area contributed by atoms with Crippen LogP contribution in [-0.2, 0) is 9.59 Å². The van der Waals surface area contributed by atoms with Crippen molar-refractivity contribution < 1.29 is 23.8 Å². The second-order valence-corrected chi connectivity index (χ2v) is 7.02. The summed E-state index contributed by atoms with van der Waals surface area (Å²) in [6, 6.07) is 20.6. The summed E-state index contributed by atoms with van der Waals surface area (Å²) in [6.45, 7) is 0.186. The van der Waals surface area contributed by atoms with Crippen molar-refractivity contribution >= 4 is 23.6 Å². The first kappa shape index (κ1) is 21.0. The molecule has 3 aromatic carbocycles. The molecule has 0 aliphatic carbocycles. The van der Waals surface area contributed by atoms with Gasteiger partial charge in [-0.25, -0.2) is 0 Å². The molecule has 1 heterocycles. The maximum absolute atomic E-state index is 13.0. The van der Waals surface area contributed by atoms with Gasteiger partial charge < -0.3 is 24.8 Å². The van der Waals surface area contributed by atoms with Crippen LogP contribution in [0.2, 0.25) is 0 Å². The lowest BCUT2D eigenvalue weighted by atomic mass is 10.1. The Morgan fingerprint density at radius 1 is 0.969 bits per heavy atom. The van der Waals surface area contributed by atoms with Crippen molar-refractivity contribution in [3.63, 3.8) is 0 Å². The summed E-state index contributed by atoms with van der Waals surface area (Å²) in [5.41, 5.74) is 2.05. The fourth-order valence-corrected chi connectivity index (χ4v) is 3.21. The van der Waals surface area contributed by atoms with Crippen molar-refractivity contribution in [3.8, 4) is 17.2 Å². The Morgan fingerprint density at radius 2 is 1.72 bits per heavy atom. The molecule has 162 valence electrons. The molecule has 7 heteroatoms. The van der Waals surface area contributed by atoms with Crippen LogP contribution in [0.5, 0.6) is 17.2 Å². The van der Waals surface area contributed by atoms with Gasteiger partial charge in [0.1, 0.15) is 11.8 Å². The van der Waals surface area contributed by atoms with Crippen LogP contribution < -0.4 is 24.8 Å². The van der Waals surface area contributed by atoms with E-state index in [2.05, 4.69) is 10.6 Å². The Labute approximate surface area is 185 Å². The highest BCUT2D eigenvalue weighted by Crippen LogP contribution is 2.32. The molecule has 2 N–H and O–H groups in total. The van der Waals surface area contributed by atoms with Crippen LogP contribution in [0.4, 0.5) is 5.69 Å². The van der Waals surface area contributed by atoms with Crippen molar-refractivity contribution in [2.24, 2.45) is 0 Å². The first-order valence-corrected chi connectivity index (χ1v) is 10.0. The Bertz CT molecular complexity index is 1130. The molecule has 7 nitrogen and oxygen atoms in total.